The number of hydrogen-bond acceptors (Lipinski definition) is 7. The number of ether oxygens (including phenoxy) is 1. The molecule has 11 nitrogen and oxygen atoms in total. The summed E-state index contributed by atoms with van der Waals surface area (Å²) in [6, 6.07) is 6.47. The minimum atomic E-state index is -1.03. The van der Waals surface area contributed by atoms with Crippen LogP contribution in [0.3, 0.4) is 0 Å². The van der Waals surface area contributed by atoms with Crippen molar-refractivity contribution in [3.63, 3.8) is 0 Å². The summed E-state index contributed by atoms with van der Waals surface area (Å²) < 4.78 is 9.07. The maximum Gasteiger partial charge on any atom is 0.332 e. The Bertz CT molecular complexity index is 1350. The lowest BCUT2D eigenvalue weighted by Gasteiger charge is -2.14. The number of benzene rings is 1. The Labute approximate surface area is 188 Å². The summed E-state index contributed by atoms with van der Waals surface area (Å²) in [4.78, 5) is 64.5. The van der Waals surface area contributed by atoms with Crippen molar-refractivity contribution in [1.82, 2.24) is 18.7 Å². The van der Waals surface area contributed by atoms with Crippen LogP contribution in [0.1, 0.15) is 37.0 Å². The lowest BCUT2D eigenvalue weighted by atomic mass is 10.1. The van der Waals surface area contributed by atoms with Gasteiger partial charge in [-0.05, 0) is 32.4 Å². The van der Waals surface area contributed by atoms with E-state index >= 15 is 0 Å². The molecule has 1 N–H and O–H groups in total. The number of fused-ring (bicyclic) bond motifs is 1. The fourth-order valence-corrected chi connectivity index (χ4v) is 3.33. The van der Waals surface area contributed by atoms with E-state index in [2.05, 4.69) is 10.3 Å². The Morgan fingerprint density at radius 2 is 1.88 bits per heavy atom. The lowest BCUT2D eigenvalue weighted by molar-refractivity contribution is -0.153. The highest BCUT2D eigenvalue weighted by Gasteiger charge is 2.19. The highest BCUT2D eigenvalue weighted by atomic mass is 16.5. The molecule has 0 saturated heterocycles. The molecule has 174 valence electrons. The highest BCUT2D eigenvalue weighted by Crippen LogP contribution is 2.13. The van der Waals surface area contributed by atoms with E-state index in [4.69, 9.17) is 4.74 Å². The van der Waals surface area contributed by atoms with Gasteiger partial charge in [-0.1, -0.05) is 12.1 Å². The number of nitrogens with zero attached hydrogens (tertiary/aromatic N) is 4. The van der Waals surface area contributed by atoms with E-state index < -0.39 is 29.2 Å². The maximum absolute atomic E-state index is 12.4. The quantitative estimate of drug-likeness (QED) is 0.395. The molecule has 0 spiro atoms. The van der Waals surface area contributed by atoms with Crippen LogP contribution in [0.5, 0.6) is 0 Å². The third kappa shape index (κ3) is 5.08. The molecule has 0 aliphatic heterocycles. The van der Waals surface area contributed by atoms with E-state index in [-0.39, 0.29) is 23.4 Å². The molecule has 0 unspecified atom stereocenters. The molecule has 1 atom stereocenters. The summed E-state index contributed by atoms with van der Waals surface area (Å²) in [6.45, 7) is 3.18. The van der Waals surface area contributed by atoms with Crippen molar-refractivity contribution < 1.29 is 19.1 Å². The number of anilines is 1. The third-order valence-corrected chi connectivity index (χ3v) is 5.21. The van der Waals surface area contributed by atoms with Gasteiger partial charge in [0.15, 0.2) is 23.1 Å². The Morgan fingerprint density at radius 3 is 2.58 bits per heavy atom. The summed E-state index contributed by atoms with van der Waals surface area (Å²) in [6.07, 6.45) is 0.769. The Kier molecular flexibility index (Phi) is 6.90. The van der Waals surface area contributed by atoms with Crippen LogP contribution < -0.4 is 16.6 Å². The van der Waals surface area contributed by atoms with E-state index in [1.165, 1.54) is 38.8 Å². The zero-order chi connectivity index (χ0) is 24.3. The van der Waals surface area contributed by atoms with Crippen LogP contribution in [0, 0.1) is 0 Å². The van der Waals surface area contributed by atoms with Crippen molar-refractivity contribution in [2.75, 3.05) is 5.32 Å². The number of carbonyl (C=O) groups excluding carboxylic acids is 3. The Hall–Kier alpha value is -4.02. The second-order valence-electron chi connectivity index (χ2n) is 7.68. The van der Waals surface area contributed by atoms with Gasteiger partial charge in [0.25, 0.3) is 11.5 Å². The van der Waals surface area contributed by atoms with Crippen molar-refractivity contribution in [1.29, 1.82) is 0 Å². The van der Waals surface area contributed by atoms with Gasteiger partial charge in [-0.25, -0.2) is 9.78 Å². The van der Waals surface area contributed by atoms with Gasteiger partial charge >= 0.3 is 11.7 Å². The predicted molar refractivity (Wildman–Crippen MR) is 120 cm³/mol. The molecule has 0 aliphatic carbocycles. The zero-order valence-corrected chi connectivity index (χ0v) is 18.8. The smallest absolute Gasteiger partial charge is 0.332 e. The second-order valence-corrected chi connectivity index (χ2v) is 7.68. The average molecular weight is 455 g/mol. The highest BCUT2D eigenvalue weighted by molar-refractivity contribution is 5.98. The normalized spacial score (nSPS) is 11.9. The second kappa shape index (κ2) is 9.63. The van der Waals surface area contributed by atoms with E-state index in [0.717, 1.165) is 4.57 Å². The monoisotopic (exact) mass is 455 g/mol. The van der Waals surface area contributed by atoms with E-state index in [1.807, 2.05) is 0 Å². The molecule has 1 aromatic carbocycles. The molecule has 2 aromatic heterocycles. The molecule has 0 bridgehead atoms. The molecule has 3 rings (SSSR count). The minimum Gasteiger partial charge on any atom is -0.453 e. The Morgan fingerprint density at radius 1 is 1.15 bits per heavy atom. The number of amides is 1. The van der Waals surface area contributed by atoms with E-state index in [9.17, 15) is 24.0 Å². The number of imidazole rings is 1. The van der Waals surface area contributed by atoms with Crippen LogP contribution in [-0.4, -0.2) is 42.4 Å². The van der Waals surface area contributed by atoms with Crippen LogP contribution in [0.15, 0.2) is 40.2 Å². The summed E-state index contributed by atoms with van der Waals surface area (Å²) in [7, 11) is 2.92. The number of nitrogens with one attached hydrogen (secondary N) is 1. The van der Waals surface area contributed by atoms with Gasteiger partial charge in [-0.3, -0.25) is 28.3 Å². The van der Waals surface area contributed by atoms with Gasteiger partial charge in [0.2, 0.25) is 0 Å². The van der Waals surface area contributed by atoms with Crippen molar-refractivity contribution >= 4 is 34.5 Å². The van der Waals surface area contributed by atoms with Crippen molar-refractivity contribution in [3.05, 3.63) is 57.0 Å². The number of rotatable bonds is 8. The molecule has 0 aliphatic rings. The molecule has 3 aromatic rings. The van der Waals surface area contributed by atoms with E-state index in [0.29, 0.717) is 24.2 Å². The van der Waals surface area contributed by atoms with Gasteiger partial charge in [-0.2, -0.15) is 0 Å². The van der Waals surface area contributed by atoms with Crippen LogP contribution in [0.2, 0.25) is 0 Å². The molecule has 0 saturated carbocycles. The summed E-state index contributed by atoms with van der Waals surface area (Å²) in [5.74, 6) is -1.22. The summed E-state index contributed by atoms with van der Waals surface area (Å²) in [5, 5.41) is 2.62. The van der Waals surface area contributed by atoms with Gasteiger partial charge in [0.05, 0.1) is 6.33 Å². The molecular formula is C22H25N5O6. The lowest BCUT2D eigenvalue weighted by Crippen LogP contribution is -2.37. The van der Waals surface area contributed by atoms with Gasteiger partial charge in [0, 0.05) is 38.3 Å². The van der Waals surface area contributed by atoms with E-state index in [1.54, 1.807) is 28.8 Å². The fourth-order valence-electron chi connectivity index (χ4n) is 3.33. The van der Waals surface area contributed by atoms with Crippen molar-refractivity contribution in [2.24, 2.45) is 14.1 Å². The van der Waals surface area contributed by atoms with Crippen LogP contribution in [0.25, 0.3) is 11.2 Å². The largest absolute Gasteiger partial charge is 0.453 e. The molecule has 33 heavy (non-hydrogen) atoms. The van der Waals surface area contributed by atoms with Gasteiger partial charge in [-0.15, -0.1) is 0 Å². The fraction of sp³-hybridized carbons (Fsp3) is 0.364. The molecule has 0 radical (unpaired) electrons. The van der Waals surface area contributed by atoms with Gasteiger partial charge in [0.1, 0.15) is 0 Å². The minimum absolute atomic E-state index is 0.0171. The first-order chi connectivity index (χ1) is 15.6. The summed E-state index contributed by atoms with van der Waals surface area (Å²) >= 11 is 0. The van der Waals surface area contributed by atoms with Crippen molar-refractivity contribution in [3.8, 4) is 0 Å². The number of Topliss-reactive ketones (excluding diaryl/α,β-unsaturated/α-hetero) is 1. The third-order valence-electron chi connectivity index (χ3n) is 5.21. The first-order valence-corrected chi connectivity index (χ1v) is 10.3. The summed E-state index contributed by atoms with van der Waals surface area (Å²) in [5.41, 5.74) is 0.491. The average Bonchev–Trinajstić information content (AvgIpc) is 3.20. The predicted octanol–water partition coefficient (Wildman–Crippen LogP) is 0.987. The maximum atomic E-state index is 12.4. The number of aryl methyl sites for hydroxylation is 2. The SMILES string of the molecule is CC(=O)c1cccc(NC(=O)[C@H](C)OC(=O)CCCn2cnc3c2c(=O)n(C)c(=O)n3C)c1. The zero-order valence-electron chi connectivity index (χ0n) is 18.8. The van der Waals surface area contributed by atoms with Gasteiger partial charge < -0.3 is 14.6 Å². The topological polar surface area (TPSA) is 134 Å². The number of esters is 1. The standard InChI is InChI=1S/C22H25N5O6/c1-13(28)15-7-5-8-16(11-15)24-20(30)14(2)33-17(29)9-6-10-27-12-23-19-18(27)21(31)26(4)22(32)25(19)3/h5,7-8,11-12,14H,6,9-10H2,1-4H3,(H,24,30)/t14-/m0/s1. The van der Waals surface area contributed by atoms with Crippen LogP contribution in [-0.2, 0) is 35.0 Å². The number of ketones is 1. The first-order valence-electron chi connectivity index (χ1n) is 10.3. The number of carbonyl (C=O) groups is 3. The van der Waals surface area contributed by atoms with Crippen molar-refractivity contribution in [2.45, 2.75) is 39.3 Å². The number of aromatic nitrogens is 4. The number of hydrogen-bond donors (Lipinski definition) is 1. The van der Waals surface area contributed by atoms with Crippen LogP contribution >= 0.6 is 0 Å². The first kappa shape index (κ1) is 23.6. The Balaban J connectivity index is 1.56. The molecule has 2 heterocycles. The molecule has 0 fully saturated rings. The molecular weight excluding hydrogens is 430 g/mol. The van der Waals surface area contributed by atoms with Crippen LogP contribution in [0.4, 0.5) is 5.69 Å². The molecule has 1 amide bonds. The molecule has 11 heteroatoms.